The van der Waals surface area contributed by atoms with E-state index in [9.17, 15) is 14.7 Å². The van der Waals surface area contributed by atoms with Crippen LogP contribution in [-0.4, -0.2) is 37.3 Å². The highest BCUT2D eigenvalue weighted by atomic mass is 79.9. The monoisotopic (exact) mass is 503 g/mol. The molecule has 1 atom stereocenters. The highest BCUT2D eigenvalue weighted by molar-refractivity contribution is 9.10. The predicted octanol–water partition coefficient (Wildman–Crippen LogP) is 5.19. The van der Waals surface area contributed by atoms with Crippen molar-refractivity contribution in [3.63, 3.8) is 0 Å². The third-order valence-electron chi connectivity index (χ3n) is 5.16. The Hall–Kier alpha value is -2.32. The summed E-state index contributed by atoms with van der Waals surface area (Å²) in [7, 11) is 0. The SMILES string of the molecule is Cc1ccc(-n2c(Br)cnc2SC(C)(C)C(=O)NC(C(=O)O)C(C)C)c2ccccc12. The van der Waals surface area contributed by atoms with E-state index < -0.39 is 16.8 Å². The Kier molecular flexibility index (Phi) is 6.81. The number of rotatable bonds is 7. The van der Waals surface area contributed by atoms with E-state index in [0.29, 0.717) is 5.16 Å². The second kappa shape index (κ2) is 9.04. The summed E-state index contributed by atoms with van der Waals surface area (Å²) in [6.07, 6.45) is 1.71. The van der Waals surface area contributed by atoms with Crippen LogP contribution in [0.3, 0.4) is 0 Å². The van der Waals surface area contributed by atoms with Gasteiger partial charge in [-0.3, -0.25) is 9.36 Å². The summed E-state index contributed by atoms with van der Waals surface area (Å²) in [5, 5.41) is 15.0. The first-order valence-corrected chi connectivity index (χ1v) is 11.6. The number of nitrogens with one attached hydrogen (secondary N) is 1. The van der Waals surface area contributed by atoms with E-state index in [-0.39, 0.29) is 11.8 Å². The Labute approximate surface area is 194 Å². The molecule has 0 aliphatic heterocycles. The number of hydrogen-bond acceptors (Lipinski definition) is 4. The van der Waals surface area contributed by atoms with Gasteiger partial charge < -0.3 is 10.4 Å². The van der Waals surface area contributed by atoms with E-state index in [4.69, 9.17) is 0 Å². The molecule has 1 unspecified atom stereocenters. The number of carbonyl (C=O) groups is 2. The van der Waals surface area contributed by atoms with Crippen LogP contribution in [0.15, 0.2) is 52.4 Å². The molecule has 31 heavy (non-hydrogen) atoms. The van der Waals surface area contributed by atoms with Crippen molar-refractivity contribution in [2.24, 2.45) is 5.92 Å². The number of carboxylic acids is 1. The lowest BCUT2D eigenvalue weighted by Gasteiger charge is -2.27. The molecule has 0 saturated heterocycles. The average Bonchev–Trinajstić information content (AvgIpc) is 3.05. The third-order valence-corrected chi connectivity index (χ3v) is 6.88. The Morgan fingerprint density at radius 2 is 1.81 bits per heavy atom. The molecular weight excluding hydrogens is 478 g/mol. The van der Waals surface area contributed by atoms with Crippen LogP contribution >= 0.6 is 27.7 Å². The van der Waals surface area contributed by atoms with Gasteiger partial charge in [0.1, 0.15) is 10.6 Å². The number of thioether (sulfide) groups is 1. The molecule has 6 nitrogen and oxygen atoms in total. The van der Waals surface area contributed by atoms with E-state index in [1.165, 1.54) is 17.3 Å². The summed E-state index contributed by atoms with van der Waals surface area (Å²) in [6, 6.07) is 11.3. The van der Waals surface area contributed by atoms with Gasteiger partial charge >= 0.3 is 5.97 Å². The van der Waals surface area contributed by atoms with Gasteiger partial charge in [-0.05, 0) is 59.6 Å². The molecule has 1 aromatic heterocycles. The van der Waals surface area contributed by atoms with Crippen LogP contribution in [0.25, 0.3) is 16.5 Å². The Morgan fingerprint density at radius 1 is 1.16 bits per heavy atom. The van der Waals surface area contributed by atoms with Crippen LogP contribution in [-0.2, 0) is 9.59 Å². The highest BCUT2D eigenvalue weighted by Gasteiger charge is 2.35. The first kappa shape index (κ1) is 23.3. The maximum Gasteiger partial charge on any atom is 0.326 e. The smallest absolute Gasteiger partial charge is 0.326 e. The maximum absolute atomic E-state index is 13.0. The van der Waals surface area contributed by atoms with E-state index in [2.05, 4.69) is 51.4 Å². The van der Waals surface area contributed by atoms with Gasteiger partial charge in [-0.1, -0.05) is 55.9 Å². The van der Waals surface area contributed by atoms with E-state index in [0.717, 1.165) is 21.1 Å². The van der Waals surface area contributed by atoms with E-state index in [1.54, 1.807) is 33.9 Å². The molecule has 0 bridgehead atoms. The van der Waals surface area contributed by atoms with Crippen LogP contribution in [0.5, 0.6) is 0 Å². The van der Waals surface area contributed by atoms with Crippen molar-refractivity contribution in [1.29, 1.82) is 0 Å². The minimum absolute atomic E-state index is 0.225. The Morgan fingerprint density at radius 3 is 2.42 bits per heavy atom. The van der Waals surface area contributed by atoms with Gasteiger partial charge in [0.2, 0.25) is 5.91 Å². The number of nitrogens with zero attached hydrogens (tertiary/aromatic N) is 2. The third kappa shape index (κ3) is 4.80. The number of imidazole rings is 1. The van der Waals surface area contributed by atoms with Crippen molar-refractivity contribution < 1.29 is 14.7 Å². The van der Waals surface area contributed by atoms with Crippen LogP contribution in [0.4, 0.5) is 0 Å². The summed E-state index contributed by atoms with van der Waals surface area (Å²) in [5.74, 6) is -1.62. The largest absolute Gasteiger partial charge is 0.480 e. The lowest BCUT2D eigenvalue weighted by atomic mass is 10.0. The van der Waals surface area contributed by atoms with Gasteiger partial charge in [0, 0.05) is 5.39 Å². The van der Waals surface area contributed by atoms with Crippen LogP contribution in [0.2, 0.25) is 0 Å². The summed E-state index contributed by atoms with van der Waals surface area (Å²) in [5.41, 5.74) is 2.13. The quantitative estimate of drug-likeness (QED) is 0.433. The average molecular weight is 504 g/mol. The Bertz CT molecular complexity index is 1140. The zero-order valence-electron chi connectivity index (χ0n) is 18.1. The summed E-state index contributed by atoms with van der Waals surface area (Å²) >= 11 is 4.88. The predicted molar refractivity (Wildman–Crippen MR) is 128 cm³/mol. The molecule has 3 rings (SSSR count). The molecule has 3 aromatic rings. The molecule has 0 aliphatic carbocycles. The summed E-state index contributed by atoms with van der Waals surface area (Å²) < 4.78 is 1.80. The second-order valence-electron chi connectivity index (χ2n) is 8.29. The molecule has 1 heterocycles. The number of aliphatic carboxylic acids is 1. The summed E-state index contributed by atoms with van der Waals surface area (Å²) in [6.45, 7) is 9.15. The molecule has 2 aromatic carbocycles. The van der Waals surface area contributed by atoms with Crippen LogP contribution < -0.4 is 5.32 Å². The zero-order valence-corrected chi connectivity index (χ0v) is 20.5. The van der Waals surface area contributed by atoms with Gasteiger partial charge in [-0.15, -0.1) is 0 Å². The molecule has 0 aliphatic rings. The molecule has 164 valence electrons. The van der Waals surface area contributed by atoms with E-state index in [1.807, 2.05) is 22.8 Å². The number of benzene rings is 2. The fourth-order valence-corrected chi connectivity index (χ4v) is 4.92. The normalized spacial score (nSPS) is 12.9. The number of aryl methyl sites for hydroxylation is 1. The van der Waals surface area contributed by atoms with Gasteiger partial charge in [0.05, 0.1) is 16.6 Å². The minimum Gasteiger partial charge on any atom is -0.480 e. The lowest BCUT2D eigenvalue weighted by Crippen LogP contribution is -2.50. The Balaban J connectivity index is 1.98. The number of carbonyl (C=O) groups excluding carboxylic acids is 1. The van der Waals surface area contributed by atoms with Crippen molar-refractivity contribution in [3.05, 3.63) is 52.8 Å². The molecule has 1 amide bonds. The first-order valence-electron chi connectivity index (χ1n) is 9.97. The number of amides is 1. The lowest BCUT2D eigenvalue weighted by molar-refractivity contribution is -0.143. The van der Waals surface area contributed by atoms with Gasteiger partial charge in [0.15, 0.2) is 5.16 Å². The van der Waals surface area contributed by atoms with Gasteiger partial charge in [0.25, 0.3) is 0 Å². The van der Waals surface area contributed by atoms with Crippen molar-refractivity contribution in [3.8, 4) is 5.69 Å². The van der Waals surface area contributed by atoms with Gasteiger partial charge in [-0.25, -0.2) is 9.78 Å². The number of fused-ring (bicyclic) bond motifs is 1. The molecule has 8 heteroatoms. The number of aromatic nitrogens is 2. The minimum atomic E-state index is -1.04. The second-order valence-corrected chi connectivity index (χ2v) is 10.7. The molecule has 0 spiro atoms. The van der Waals surface area contributed by atoms with Gasteiger partial charge in [-0.2, -0.15) is 0 Å². The van der Waals surface area contributed by atoms with Crippen molar-refractivity contribution in [1.82, 2.24) is 14.9 Å². The molecule has 2 N–H and O–H groups in total. The van der Waals surface area contributed by atoms with Crippen molar-refractivity contribution in [2.45, 2.75) is 50.6 Å². The molecule has 0 saturated carbocycles. The van der Waals surface area contributed by atoms with E-state index >= 15 is 0 Å². The number of hydrogen-bond donors (Lipinski definition) is 2. The van der Waals surface area contributed by atoms with Crippen molar-refractivity contribution >= 4 is 50.3 Å². The highest BCUT2D eigenvalue weighted by Crippen LogP contribution is 2.37. The molecular formula is C23H26BrN3O3S. The van der Waals surface area contributed by atoms with Crippen LogP contribution in [0, 0.1) is 12.8 Å². The number of carboxylic acid groups (broad SMARTS) is 1. The molecule has 0 radical (unpaired) electrons. The number of halogens is 1. The van der Waals surface area contributed by atoms with Crippen molar-refractivity contribution in [2.75, 3.05) is 0 Å². The fourth-order valence-electron chi connectivity index (χ4n) is 3.34. The first-order chi connectivity index (χ1) is 14.5. The standard InChI is InChI=1S/C23H26BrN3O3S/c1-13(2)19(20(28)29)26-21(30)23(4,5)31-22-25-12-18(24)27(22)17-11-10-14(3)15-8-6-7-9-16(15)17/h6-13,19H,1-5H3,(H,26,30)(H,28,29). The summed E-state index contributed by atoms with van der Waals surface area (Å²) in [4.78, 5) is 29.0. The molecule has 0 fully saturated rings. The topological polar surface area (TPSA) is 84.2 Å². The van der Waals surface area contributed by atoms with Crippen LogP contribution in [0.1, 0.15) is 33.3 Å². The maximum atomic E-state index is 13.0. The zero-order chi connectivity index (χ0) is 22.9. The fraction of sp³-hybridized carbons (Fsp3) is 0.348.